The normalized spacial score (nSPS) is 19.7. The monoisotopic (exact) mass is 247 g/mol. The van der Waals surface area contributed by atoms with Crippen LogP contribution >= 0.6 is 0 Å². The molecule has 1 saturated carbocycles. The fourth-order valence-corrected chi connectivity index (χ4v) is 2.68. The van der Waals surface area contributed by atoms with E-state index in [1.165, 1.54) is 36.9 Å². The van der Waals surface area contributed by atoms with Crippen LogP contribution in [0.5, 0.6) is 0 Å². The number of nitrogens with one attached hydrogen (secondary N) is 1. The van der Waals surface area contributed by atoms with Crippen molar-refractivity contribution in [1.82, 2.24) is 0 Å². The Bertz CT molecular complexity index is 359. The SMILES string of the molecule is CC1(C)CCC(Nc2ccc(CCO)cc2)CC1. The molecule has 1 aromatic carbocycles. The summed E-state index contributed by atoms with van der Waals surface area (Å²) in [5.74, 6) is 0. The van der Waals surface area contributed by atoms with E-state index < -0.39 is 0 Å². The summed E-state index contributed by atoms with van der Waals surface area (Å²) < 4.78 is 0. The average Bonchev–Trinajstić information content (AvgIpc) is 2.35. The van der Waals surface area contributed by atoms with Crippen molar-refractivity contribution in [2.75, 3.05) is 11.9 Å². The van der Waals surface area contributed by atoms with Gasteiger partial charge in [-0.15, -0.1) is 0 Å². The summed E-state index contributed by atoms with van der Waals surface area (Å²) in [5, 5.41) is 12.5. The molecular weight excluding hydrogens is 222 g/mol. The molecule has 18 heavy (non-hydrogen) atoms. The van der Waals surface area contributed by atoms with E-state index in [9.17, 15) is 0 Å². The summed E-state index contributed by atoms with van der Waals surface area (Å²) in [6.45, 7) is 4.96. The molecule has 0 atom stereocenters. The van der Waals surface area contributed by atoms with Gasteiger partial charge < -0.3 is 10.4 Å². The smallest absolute Gasteiger partial charge is 0.0471 e. The van der Waals surface area contributed by atoms with Crippen LogP contribution in [0.3, 0.4) is 0 Å². The zero-order valence-corrected chi connectivity index (χ0v) is 11.6. The highest BCUT2D eigenvalue weighted by molar-refractivity contribution is 5.45. The summed E-state index contributed by atoms with van der Waals surface area (Å²) in [6, 6.07) is 9.09. The molecule has 2 heteroatoms. The van der Waals surface area contributed by atoms with Crippen LogP contribution in [0, 0.1) is 5.41 Å². The van der Waals surface area contributed by atoms with Gasteiger partial charge in [-0.2, -0.15) is 0 Å². The highest BCUT2D eigenvalue weighted by Gasteiger charge is 2.26. The molecule has 2 nitrogen and oxygen atoms in total. The molecule has 2 N–H and O–H groups in total. The van der Waals surface area contributed by atoms with Gasteiger partial charge in [-0.05, 0) is 55.2 Å². The van der Waals surface area contributed by atoms with Crippen molar-refractivity contribution in [3.63, 3.8) is 0 Å². The molecule has 100 valence electrons. The molecule has 0 aromatic heterocycles. The molecule has 1 aromatic rings. The van der Waals surface area contributed by atoms with Crippen molar-refractivity contribution in [1.29, 1.82) is 0 Å². The Morgan fingerprint density at radius 1 is 1.17 bits per heavy atom. The van der Waals surface area contributed by atoms with Gasteiger partial charge in [0, 0.05) is 18.3 Å². The van der Waals surface area contributed by atoms with Crippen molar-refractivity contribution in [2.45, 2.75) is 52.0 Å². The summed E-state index contributed by atoms with van der Waals surface area (Å²) >= 11 is 0. The van der Waals surface area contributed by atoms with Crippen molar-refractivity contribution in [3.8, 4) is 0 Å². The second-order valence-electron chi connectivity index (χ2n) is 6.25. The lowest BCUT2D eigenvalue weighted by atomic mass is 9.75. The van der Waals surface area contributed by atoms with E-state index >= 15 is 0 Å². The van der Waals surface area contributed by atoms with Crippen molar-refractivity contribution in [2.24, 2.45) is 5.41 Å². The van der Waals surface area contributed by atoms with E-state index in [2.05, 4.69) is 43.4 Å². The Kier molecular flexibility index (Phi) is 4.28. The standard InChI is InChI=1S/C16H25NO/c1-16(2)10-7-15(8-11-16)17-14-5-3-13(4-6-14)9-12-18/h3-6,15,17-18H,7-12H2,1-2H3. The molecule has 0 amide bonds. The Morgan fingerprint density at radius 3 is 2.33 bits per heavy atom. The molecule has 0 saturated heterocycles. The molecule has 0 heterocycles. The van der Waals surface area contributed by atoms with E-state index in [4.69, 9.17) is 5.11 Å². The third-order valence-electron chi connectivity index (χ3n) is 4.06. The molecule has 0 radical (unpaired) electrons. The van der Waals surface area contributed by atoms with Gasteiger partial charge in [0.1, 0.15) is 0 Å². The van der Waals surface area contributed by atoms with Crippen LogP contribution in [-0.2, 0) is 6.42 Å². The second-order valence-corrected chi connectivity index (χ2v) is 6.25. The fourth-order valence-electron chi connectivity index (χ4n) is 2.68. The minimum Gasteiger partial charge on any atom is -0.396 e. The van der Waals surface area contributed by atoms with Crippen LogP contribution < -0.4 is 5.32 Å². The van der Waals surface area contributed by atoms with Crippen LogP contribution in [0.2, 0.25) is 0 Å². The Hall–Kier alpha value is -1.02. The first-order valence-corrected chi connectivity index (χ1v) is 7.05. The van der Waals surface area contributed by atoms with Gasteiger partial charge in [0.05, 0.1) is 0 Å². The minimum atomic E-state index is 0.227. The number of hydrogen-bond acceptors (Lipinski definition) is 2. The van der Waals surface area contributed by atoms with Gasteiger partial charge in [0.2, 0.25) is 0 Å². The van der Waals surface area contributed by atoms with E-state index in [-0.39, 0.29) is 6.61 Å². The molecule has 0 aliphatic heterocycles. The van der Waals surface area contributed by atoms with Crippen LogP contribution in [-0.4, -0.2) is 17.8 Å². The van der Waals surface area contributed by atoms with Crippen LogP contribution in [0.1, 0.15) is 45.1 Å². The predicted octanol–water partition coefficient (Wildman–Crippen LogP) is 3.60. The van der Waals surface area contributed by atoms with Crippen molar-refractivity contribution >= 4 is 5.69 Å². The lowest BCUT2D eigenvalue weighted by Gasteiger charge is -2.35. The molecule has 1 aliphatic rings. The molecule has 1 fully saturated rings. The highest BCUT2D eigenvalue weighted by atomic mass is 16.2. The Labute approximate surface area is 110 Å². The van der Waals surface area contributed by atoms with E-state index in [1.54, 1.807) is 0 Å². The largest absolute Gasteiger partial charge is 0.396 e. The lowest BCUT2D eigenvalue weighted by Crippen LogP contribution is -2.29. The van der Waals surface area contributed by atoms with Crippen LogP contribution in [0.15, 0.2) is 24.3 Å². The number of rotatable bonds is 4. The minimum absolute atomic E-state index is 0.227. The third-order valence-corrected chi connectivity index (χ3v) is 4.06. The van der Waals surface area contributed by atoms with Gasteiger partial charge in [0.15, 0.2) is 0 Å². The maximum Gasteiger partial charge on any atom is 0.0471 e. The maximum absolute atomic E-state index is 8.88. The molecule has 1 aliphatic carbocycles. The van der Waals surface area contributed by atoms with E-state index in [1.807, 2.05) is 0 Å². The van der Waals surface area contributed by atoms with Crippen LogP contribution in [0.25, 0.3) is 0 Å². The highest BCUT2D eigenvalue weighted by Crippen LogP contribution is 2.36. The van der Waals surface area contributed by atoms with Gasteiger partial charge in [-0.3, -0.25) is 0 Å². The first-order chi connectivity index (χ1) is 8.59. The second kappa shape index (κ2) is 5.75. The summed E-state index contributed by atoms with van der Waals surface area (Å²) in [5.41, 5.74) is 2.94. The fraction of sp³-hybridized carbons (Fsp3) is 0.625. The van der Waals surface area contributed by atoms with Gasteiger partial charge >= 0.3 is 0 Å². The Morgan fingerprint density at radius 2 is 1.78 bits per heavy atom. The summed E-state index contributed by atoms with van der Waals surface area (Å²) in [7, 11) is 0. The zero-order chi connectivity index (χ0) is 13.0. The maximum atomic E-state index is 8.88. The molecule has 0 spiro atoms. The average molecular weight is 247 g/mol. The molecule has 2 rings (SSSR count). The third kappa shape index (κ3) is 3.74. The van der Waals surface area contributed by atoms with Crippen molar-refractivity contribution in [3.05, 3.63) is 29.8 Å². The lowest BCUT2D eigenvalue weighted by molar-refractivity contribution is 0.232. The number of aliphatic hydroxyl groups excluding tert-OH is 1. The van der Waals surface area contributed by atoms with Crippen LogP contribution in [0.4, 0.5) is 5.69 Å². The zero-order valence-electron chi connectivity index (χ0n) is 11.6. The Balaban J connectivity index is 1.86. The summed E-state index contributed by atoms with van der Waals surface area (Å²) in [4.78, 5) is 0. The van der Waals surface area contributed by atoms with Gasteiger partial charge in [0.25, 0.3) is 0 Å². The molecule has 0 bridgehead atoms. The molecule has 0 unspecified atom stereocenters. The van der Waals surface area contributed by atoms with E-state index in [0.29, 0.717) is 11.5 Å². The molecular formula is C16H25NO. The number of aliphatic hydroxyl groups is 1. The van der Waals surface area contributed by atoms with Gasteiger partial charge in [-0.25, -0.2) is 0 Å². The first-order valence-electron chi connectivity index (χ1n) is 7.05. The summed E-state index contributed by atoms with van der Waals surface area (Å²) in [6.07, 6.45) is 5.91. The number of anilines is 1. The predicted molar refractivity (Wildman–Crippen MR) is 76.9 cm³/mol. The topological polar surface area (TPSA) is 32.3 Å². The van der Waals surface area contributed by atoms with E-state index in [0.717, 1.165) is 6.42 Å². The van der Waals surface area contributed by atoms with Gasteiger partial charge in [-0.1, -0.05) is 26.0 Å². The quantitative estimate of drug-likeness (QED) is 0.852. The number of hydrogen-bond donors (Lipinski definition) is 2. The van der Waals surface area contributed by atoms with Crippen molar-refractivity contribution < 1.29 is 5.11 Å². The number of benzene rings is 1. The first kappa shape index (κ1) is 13.4.